The summed E-state index contributed by atoms with van der Waals surface area (Å²) in [6.07, 6.45) is 0. The third-order valence-electron chi connectivity index (χ3n) is 3.89. The Balaban J connectivity index is 1.64. The molecule has 126 valence electrons. The number of fused-ring (bicyclic) bond motifs is 1. The van der Waals surface area contributed by atoms with Crippen LogP contribution in [-0.4, -0.2) is 58.7 Å². The van der Waals surface area contributed by atoms with Gasteiger partial charge in [-0.2, -0.15) is 0 Å². The highest BCUT2D eigenvalue weighted by Gasteiger charge is 2.32. The molecule has 7 nitrogen and oxygen atoms in total. The highest BCUT2D eigenvalue weighted by molar-refractivity contribution is 7.18. The van der Waals surface area contributed by atoms with Gasteiger partial charge in [-0.05, 0) is 32.0 Å². The number of hydrogen-bond acceptors (Lipinski definition) is 5. The summed E-state index contributed by atoms with van der Waals surface area (Å²) in [6, 6.07) is 5.49. The predicted molar refractivity (Wildman–Crippen MR) is 91.8 cm³/mol. The van der Waals surface area contributed by atoms with E-state index in [-0.39, 0.29) is 12.5 Å². The first-order valence-electron chi connectivity index (χ1n) is 7.73. The van der Waals surface area contributed by atoms with E-state index in [9.17, 15) is 14.4 Å². The van der Waals surface area contributed by atoms with Crippen LogP contribution in [0.15, 0.2) is 18.2 Å². The number of anilines is 1. The minimum absolute atomic E-state index is 0.123. The standard InChI is InChI=1S/C16H18N4O3S/c1-3-19-6-7-20(16(23)15(19)22)9-14(21)18-11-4-5-12-13(8-11)24-10(2)17-12/h4-5,8H,3,6-7,9H2,1-2H3,(H,18,21). The molecule has 0 radical (unpaired) electrons. The van der Waals surface area contributed by atoms with Crippen LogP contribution in [0.2, 0.25) is 0 Å². The molecule has 24 heavy (non-hydrogen) atoms. The Morgan fingerprint density at radius 1 is 1.25 bits per heavy atom. The zero-order valence-electron chi connectivity index (χ0n) is 13.5. The number of hydrogen-bond donors (Lipinski definition) is 1. The van der Waals surface area contributed by atoms with Crippen molar-refractivity contribution in [2.45, 2.75) is 13.8 Å². The highest BCUT2D eigenvalue weighted by atomic mass is 32.1. The summed E-state index contributed by atoms with van der Waals surface area (Å²) in [6.45, 7) is 4.96. The fraction of sp³-hybridized carbons (Fsp3) is 0.375. The van der Waals surface area contributed by atoms with Crippen LogP contribution in [0, 0.1) is 6.92 Å². The molecule has 1 aliphatic heterocycles. The quantitative estimate of drug-likeness (QED) is 0.844. The van der Waals surface area contributed by atoms with Gasteiger partial charge in [0.05, 0.1) is 15.2 Å². The van der Waals surface area contributed by atoms with Crippen molar-refractivity contribution in [1.29, 1.82) is 0 Å². The zero-order chi connectivity index (χ0) is 17.3. The molecule has 1 fully saturated rings. The normalized spacial score (nSPS) is 15.2. The summed E-state index contributed by atoms with van der Waals surface area (Å²) >= 11 is 1.56. The maximum Gasteiger partial charge on any atom is 0.312 e. The predicted octanol–water partition coefficient (Wildman–Crippen LogP) is 1.23. The lowest BCUT2D eigenvalue weighted by molar-refractivity contribution is -0.156. The van der Waals surface area contributed by atoms with E-state index in [4.69, 9.17) is 0 Å². The van der Waals surface area contributed by atoms with E-state index in [0.717, 1.165) is 15.2 Å². The largest absolute Gasteiger partial charge is 0.333 e. The first kappa shape index (κ1) is 16.4. The van der Waals surface area contributed by atoms with Crippen molar-refractivity contribution in [3.05, 3.63) is 23.2 Å². The molecule has 3 rings (SSSR count). The maximum absolute atomic E-state index is 12.2. The number of piperazine rings is 1. The molecule has 0 saturated carbocycles. The Hall–Kier alpha value is -2.48. The summed E-state index contributed by atoms with van der Waals surface area (Å²) in [5.74, 6) is -1.48. The summed E-state index contributed by atoms with van der Waals surface area (Å²) < 4.78 is 0.994. The van der Waals surface area contributed by atoms with Gasteiger partial charge in [-0.3, -0.25) is 14.4 Å². The molecule has 0 atom stereocenters. The molecule has 0 bridgehead atoms. The molecule has 0 aliphatic carbocycles. The van der Waals surface area contributed by atoms with Crippen molar-refractivity contribution in [2.75, 3.05) is 31.5 Å². The number of rotatable bonds is 4. The Morgan fingerprint density at radius 2 is 1.96 bits per heavy atom. The van der Waals surface area contributed by atoms with Gasteiger partial charge in [-0.25, -0.2) is 4.98 Å². The number of aryl methyl sites for hydroxylation is 1. The summed E-state index contributed by atoms with van der Waals surface area (Å²) in [7, 11) is 0. The van der Waals surface area contributed by atoms with Crippen LogP contribution in [0.5, 0.6) is 0 Å². The third-order valence-corrected chi connectivity index (χ3v) is 4.83. The number of nitrogens with one attached hydrogen (secondary N) is 1. The van der Waals surface area contributed by atoms with Crippen LogP contribution in [0.25, 0.3) is 10.2 Å². The average molecular weight is 346 g/mol. The topological polar surface area (TPSA) is 82.6 Å². The van der Waals surface area contributed by atoms with Crippen LogP contribution in [-0.2, 0) is 14.4 Å². The lowest BCUT2D eigenvalue weighted by Gasteiger charge is -2.32. The number of nitrogens with zero attached hydrogens (tertiary/aromatic N) is 3. The number of aromatic nitrogens is 1. The summed E-state index contributed by atoms with van der Waals surface area (Å²) in [4.78, 5) is 43.2. The van der Waals surface area contributed by atoms with E-state index < -0.39 is 11.8 Å². The van der Waals surface area contributed by atoms with Crippen molar-refractivity contribution >= 4 is 45.0 Å². The van der Waals surface area contributed by atoms with Crippen LogP contribution in [0.4, 0.5) is 5.69 Å². The third kappa shape index (κ3) is 3.23. The molecule has 1 saturated heterocycles. The van der Waals surface area contributed by atoms with Crippen molar-refractivity contribution in [1.82, 2.24) is 14.8 Å². The number of carbonyl (C=O) groups excluding carboxylic acids is 3. The van der Waals surface area contributed by atoms with Crippen LogP contribution in [0.3, 0.4) is 0 Å². The van der Waals surface area contributed by atoms with Crippen molar-refractivity contribution in [3.8, 4) is 0 Å². The van der Waals surface area contributed by atoms with Gasteiger partial charge < -0.3 is 15.1 Å². The minimum Gasteiger partial charge on any atom is -0.333 e. The lowest BCUT2D eigenvalue weighted by Crippen LogP contribution is -2.55. The molecule has 0 spiro atoms. The SMILES string of the molecule is CCN1CCN(CC(=O)Nc2ccc3nc(C)sc3c2)C(=O)C1=O. The van der Waals surface area contributed by atoms with Crippen molar-refractivity contribution in [2.24, 2.45) is 0 Å². The number of carbonyl (C=O) groups is 3. The van der Waals surface area contributed by atoms with Gasteiger partial charge in [0.1, 0.15) is 6.54 Å². The molecule has 0 unspecified atom stereocenters. The molecule has 1 aromatic carbocycles. The van der Waals surface area contributed by atoms with Crippen molar-refractivity contribution in [3.63, 3.8) is 0 Å². The van der Waals surface area contributed by atoms with E-state index in [2.05, 4.69) is 10.3 Å². The Morgan fingerprint density at radius 3 is 2.71 bits per heavy atom. The van der Waals surface area contributed by atoms with Gasteiger partial charge in [-0.15, -0.1) is 11.3 Å². The Kier molecular flexibility index (Phi) is 4.48. The number of likely N-dealkylation sites (N-methyl/N-ethyl adjacent to an activating group) is 1. The Labute approximate surface area is 143 Å². The van der Waals surface area contributed by atoms with Crippen LogP contribution >= 0.6 is 11.3 Å². The highest BCUT2D eigenvalue weighted by Crippen LogP contribution is 2.24. The lowest BCUT2D eigenvalue weighted by atomic mass is 10.2. The minimum atomic E-state index is -0.619. The van der Waals surface area contributed by atoms with Gasteiger partial charge >= 0.3 is 11.8 Å². The average Bonchev–Trinajstić information content (AvgIpc) is 2.91. The van der Waals surface area contributed by atoms with E-state index in [1.807, 2.05) is 26.0 Å². The first-order chi connectivity index (χ1) is 11.5. The molecular formula is C16H18N4O3S. The van der Waals surface area contributed by atoms with Gasteiger partial charge in [0.2, 0.25) is 5.91 Å². The molecule has 1 N–H and O–H groups in total. The molecule has 8 heteroatoms. The van der Waals surface area contributed by atoms with Gasteiger partial charge in [0, 0.05) is 25.3 Å². The fourth-order valence-corrected chi connectivity index (χ4v) is 3.53. The van der Waals surface area contributed by atoms with E-state index in [1.54, 1.807) is 17.4 Å². The van der Waals surface area contributed by atoms with Gasteiger partial charge in [0.25, 0.3) is 0 Å². The first-order valence-corrected chi connectivity index (χ1v) is 8.55. The van der Waals surface area contributed by atoms with E-state index >= 15 is 0 Å². The molecule has 2 heterocycles. The van der Waals surface area contributed by atoms with Crippen LogP contribution in [0.1, 0.15) is 11.9 Å². The zero-order valence-corrected chi connectivity index (χ0v) is 14.4. The molecule has 2 aromatic rings. The maximum atomic E-state index is 12.2. The molecule has 1 aliphatic rings. The Bertz CT molecular complexity index is 817. The van der Waals surface area contributed by atoms with Gasteiger partial charge in [0.15, 0.2) is 0 Å². The second-order valence-corrected chi connectivity index (χ2v) is 6.81. The molecular weight excluding hydrogens is 328 g/mol. The molecule has 3 amide bonds. The van der Waals surface area contributed by atoms with Crippen molar-refractivity contribution < 1.29 is 14.4 Å². The van der Waals surface area contributed by atoms with E-state index in [1.165, 1.54) is 9.80 Å². The second kappa shape index (κ2) is 6.56. The van der Waals surface area contributed by atoms with Crippen LogP contribution < -0.4 is 5.32 Å². The van der Waals surface area contributed by atoms with Gasteiger partial charge in [-0.1, -0.05) is 0 Å². The number of amides is 3. The number of thiazole rings is 1. The summed E-state index contributed by atoms with van der Waals surface area (Å²) in [5, 5.41) is 3.74. The summed E-state index contributed by atoms with van der Waals surface area (Å²) in [5.41, 5.74) is 1.55. The number of benzene rings is 1. The molecule has 1 aromatic heterocycles. The smallest absolute Gasteiger partial charge is 0.312 e. The van der Waals surface area contributed by atoms with E-state index in [0.29, 0.717) is 25.3 Å². The fourth-order valence-electron chi connectivity index (χ4n) is 2.66. The second-order valence-electron chi connectivity index (χ2n) is 5.58. The monoisotopic (exact) mass is 346 g/mol.